The fraction of sp³-hybridized carbons (Fsp3) is 0.0833. The molecule has 0 radical (unpaired) electrons. The third-order valence-corrected chi connectivity index (χ3v) is 3.68. The summed E-state index contributed by atoms with van der Waals surface area (Å²) in [6.07, 6.45) is 0. The molecule has 0 saturated heterocycles. The van der Waals surface area contributed by atoms with Crippen molar-refractivity contribution in [1.29, 1.82) is 0 Å². The van der Waals surface area contributed by atoms with Gasteiger partial charge in [-0.1, -0.05) is 17.7 Å². The summed E-state index contributed by atoms with van der Waals surface area (Å²) >= 11 is 1.75. The number of H-pyrrole nitrogens is 1. The summed E-state index contributed by atoms with van der Waals surface area (Å²) in [5, 5.41) is 8.14. The highest BCUT2D eigenvalue weighted by atomic mass is 32.1. The van der Waals surface area contributed by atoms with E-state index in [2.05, 4.69) is 41.4 Å². The molecule has 3 rings (SSSR count). The van der Waals surface area contributed by atoms with Crippen molar-refractivity contribution < 1.29 is 0 Å². The van der Waals surface area contributed by atoms with Crippen LogP contribution in [0.5, 0.6) is 0 Å². The zero-order chi connectivity index (χ0) is 11.1. The summed E-state index contributed by atoms with van der Waals surface area (Å²) in [4.78, 5) is 1.17. The number of aromatic amines is 1. The molecule has 0 saturated carbocycles. The molecule has 0 spiro atoms. The van der Waals surface area contributed by atoms with Crippen molar-refractivity contribution in [3.63, 3.8) is 0 Å². The molecule has 2 aromatic heterocycles. The molecule has 3 nitrogen and oxygen atoms in total. The maximum absolute atomic E-state index is 5.60. The molecule has 3 N–H and O–H groups in total. The maximum atomic E-state index is 5.60. The van der Waals surface area contributed by atoms with Gasteiger partial charge in [0.15, 0.2) is 0 Å². The molecule has 3 aromatic rings. The second-order valence-electron chi connectivity index (χ2n) is 3.86. The number of nitrogen functional groups attached to an aromatic ring is 1. The molecule has 0 aliphatic rings. The highest BCUT2D eigenvalue weighted by Gasteiger charge is 2.06. The number of aryl methyl sites for hydroxylation is 1. The second kappa shape index (κ2) is 3.35. The number of benzene rings is 1. The fourth-order valence-corrected chi connectivity index (χ4v) is 2.77. The minimum atomic E-state index is 0.531. The zero-order valence-corrected chi connectivity index (χ0v) is 9.64. The van der Waals surface area contributed by atoms with E-state index in [4.69, 9.17) is 5.73 Å². The van der Waals surface area contributed by atoms with Crippen LogP contribution in [0.1, 0.15) is 5.56 Å². The van der Waals surface area contributed by atoms with E-state index in [0.29, 0.717) is 5.82 Å². The Morgan fingerprint density at radius 3 is 2.88 bits per heavy atom. The summed E-state index contributed by atoms with van der Waals surface area (Å²) < 4.78 is 1.29. The minimum Gasteiger partial charge on any atom is -0.382 e. The van der Waals surface area contributed by atoms with Crippen molar-refractivity contribution in [1.82, 2.24) is 10.2 Å². The standard InChI is InChI=1S/C12H11N3S/c1-7-2-3-10-8(4-7)5-11(16-10)9-6-12(13)15-14-9/h2-6H,1H3,(H3,13,14,15). The summed E-state index contributed by atoms with van der Waals surface area (Å²) in [6.45, 7) is 2.10. The molecule has 0 aliphatic carbocycles. The van der Waals surface area contributed by atoms with Crippen LogP contribution in [0.3, 0.4) is 0 Å². The average Bonchev–Trinajstić information content (AvgIpc) is 2.83. The summed E-state index contributed by atoms with van der Waals surface area (Å²) in [7, 11) is 0. The topological polar surface area (TPSA) is 54.7 Å². The van der Waals surface area contributed by atoms with Gasteiger partial charge in [0.05, 0.1) is 10.6 Å². The third-order valence-electron chi connectivity index (χ3n) is 2.53. The van der Waals surface area contributed by atoms with E-state index in [1.807, 2.05) is 6.07 Å². The summed E-state index contributed by atoms with van der Waals surface area (Å²) in [6, 6.07) is 10.5. The van der Waals surface area contributed by atoms with Gasteiger partial charge >= 0.3 is 0 Å². The predicted octanol–water partition coefficient (Wildman–Crippen LogP) is 3.18. The summed E-state index contributed by atoms with van der Waals surface area (Å²) in [5.41, 5.74) is 7.86. The van der Waals surface area contributed by atoms with Gasteiger partial charge < -0.3 is 5.73 Å². The monoisotopic (exact) mass is 229 g/mol. The Hall–Kier alpha value is -1.81. The Balaban J connectivity index is 2.18. The van der Waals surface area contributed by atoms with Gasteiger partial charge in [0.2, 0.25) is 0 Å². The van der Waals surface area contributed by atoms with Crippen LogP contribution in [0.2, 0.25) is 0 Å². The molecule has 0 aliphatic heterocycles. The average molecular weight is 229 g/mol. The van der Waals surface area contributed by atoms with E-state index in [0.717, 1.165) is 5.69 Å². The van der Waals surface area contributed by atoms with Crippen molar-refractivity contribution in [3.8, 4) is 10.6 Å². The van der Waals surface area contributed by atoms with E-state index in [1.54, 1.807) is 11.3 Å². The molecular weight excluding hydrogens is 218 g/mol. The van der Waals surface area contributed by atoms with E-state index in [1.165, 1.54) is 20.5 Å². The number of nitrogens with two attached hydrogens (primary N) is 1. The molecule has 0 unspecified atom stereocenters. The first-order valence-corrected chi connectivity index (χ1v) is 5.85. The number of fused-ring (bicyclic) bond motifs is 1. The number of thiophene rings is 1. The number of nitrogens with one attached hydrogen (secondary N) is 1. The predicted molar refractivity (Wildman–Crippen MR) is 68.6 cm³/mol. The van der Waals surface area contributed by atoms with Crippen molar-refractivity contribution in [3.05, 3.63) is 35.9 Å². The quantitative estimate of drug-likeness (QED) is 0.673. The molecule has 16 heavy (non-hydrogen) atoms. The molecule has 0 atom stereocenters. The lowest BCUT2D eigenvalue weighted by atomic mass is 10.2. The molecule has 0 amide bonds. The van der Waals surface area contributed by atoms with Gasteiger partial charge in [0.25, 0.3) is 0 Å². The van der Waals surface area contributed by atoms with Crippen molar-refractivity contribution >= 4 is 27.2 Å². The van der Waals surface area contributed by atoms with Gasteiger partial charge in [-0.25, -0.2) is 0 Å². The first-order valence-electron chi connectivity index (χ1n) is 5.04. The van der Waals surface area contributed by atoms with Gasteiger partial charge in [0, 0.05) is 10.8 Å². The smallest absolute Gasteiger partial charge is 0.145 e. The van der Waals surface area contributed by atoms with Crippen LogP contribution >= 0.6 is 11.3 Å². The van der Waals surface area contributed by atoms with Crippen LogP contribution in [0.15, 0.2) is 30.3 Å². The molecule has 1 aromatic carbocycles. The maximum Gasteiger partial charge on any atom is 0.145 e. The Bertz CT molecular complexity index is 651. The van der Waals surface area contributed by atoms with Gasteiger partial charge in [-0.05, 0) is 24.4 Å². The molecule has 4 heteroatoms. The lowest BCUT2D eigenvalue weighted by Gasteiger charge is -1.89. The van der Waals surface area contributed by atoms with Crippen molar-refractivity contribution in [2.75, 3.05) is 5.73 Å². The Morgan fingerprint density at radius 1 is 1.25 bits per heavy atom. The lowest BCUT2D eigenvalue weighted by molar-refractivity contribution is 1.11. The van der Waals surface area contributed by atoms with Crippen LogP contribution in [0.25, 0.3) is 20.7 Å². The van der Waals surface area contributed by atoms with Gasteiger partial charge in [-0.3, -0.25) is 5.10 Å². The number of aromatic nitrogens is 2. The molecular formula is C12H11N3S. The molecule has 0 bridgehead atoms. The first kappa shape index (κ1) is 9.42. The molecule has 2 heterocycles. The Morgan fingerprint density at radius 2 is 2.12 bits per heavy atom. The third kappa shape index (κ3) is 1.47. The molecule has 80 valence electrons. The summed E-state index contributed by atoms with van der Waals surface area (Å²) in [5.74, 6) is 0.531. The largest absolute Gasteiger partial charge is 0.382 e. The second-order valence-corrected chi connectivity index (χ2v) is 4.94. The van der Waals surface area contributed by atoms with Crippen LogP contribution < -0.4 is 5.73 Å². The van der Waals surface area contributed by atoms with Crippen LogP contribution in [-0.2, 0) is 0 Å². The number of hydrogen-bond acceptors (Lipinski definition) is 3. The number of hydrogen-bond donors (Lipinski definition) is 2. The van der Waals surface area contributed by atoms with Crippen LogP contribution in [0, 0.1) is 6.92 Å². The van der Waals surface area contributed by atoms with Crippen molar-refractivity contribution in [2.45, 2.75) is 6.92 Å². The SMILES string of the molecule is Cc1ccc2sc(-c3cc(N)n[nH]3)cc2c1. The van der Waals surface area contributed by atoms with Crippen LogP contribution in [0.4, 0.5) is 5.82 Å². The number of nitrogens with zero attached hydrogens (tertiary/aromatic N) is 1. The zero-order valence-electron chi connectivity index (χ0n) is 8.82. The Labute approximate surface area is 96.9 Å². The number of anilines is 1. The van der Waals surface area contributed by atoms with Gasteiger partial charge in [-0.2, -0.15) is 5.10 Å². The Kier molecular flexibility index (Phi) is 1.97. The van der Waals surface area contributed by atoms with Crippen molar-refractivity contribution in [2.24, 2.45) is 0 Å². The van der Waals surface area contributed by atoms with E-state index < -0.39 is 0 Å². The molecule has 0 fully saturated rings. The minimum absolute atomic E-state index is 0.531. The van der Waals surface area contributed by atoms with Gasteiger partial charge in [-0.15, -0.1) is 11.3 Å². The van der Waals surface area contributed by atoms with E-state index in [9.17, 15) is 0 Å². The highest BCUT2D eigenvalue weighted by Crippen LogP contribution is 2.33. The lowest BCUT2D eigenvalue weighted by Crippen LogP contribution is -1.81. The normalized spacial score (nSPS) is 11.1. The first-order chi connectivity index (χ1) is 7.72. The van der Waals surface area contributed by atoms with Gasteiger partial charge in [0.1, 0.15) is 5.82 Å². The number of rotatable bonds is 1. The van der Waals surface area contributed by atoms with Crippen LogP contribution in [-0.4, -0.2) is 10.2 Å². The fourth-order valence-electron chi connectivity index (χ4n) is 1.76. The van der Waals surface area contributed by atoms with E-state index in [-0.39, 0.29) is 0 Å². The highest BCUT2D eigenvalue weighted by molar-refractivity contribution is 7.22. The van der Waals surface area contributed by atoms with E-state index >= 15 is 0 Å².